The van der Waals surface area contributed by atoms with E-state index in [0.29, 0.717) is 35.6 Å². The zero-order valence-electron chi connectivity index (χ0n) is 16.8. The van der Waals surface area contributed by atoms with Crippen LogP contribution in [0.3, 0.4) is 0 Å². The van der Waals surface area contributed by atoms with E-state index in [1.54, 1.807) is 65.6 Å². The van der Waals surface area contributed by atoms with Crippen LogP contribution in [-0.4, -0.2) is 35.7 Å². The number of amides is 3. The minimum Gasteiger partial charge on any atom is -0.459 e. The zero-order valence-corrected chi connectivity index (χ0v) is 16.8. The van der Waals surface area contributed by atoms with Gasteiger partial charge in [-0.25, -0.2) is 0 Å². The Morgan fingerprint density at radius 1 is 0.800 bits per heavy atom. The van der Waals surface area contributed by atoms with Gasteiger partial charge in [0.2, 0.25) is 0 Å². The van der Waals surface area contributed by atoms with Crippen LogP contribution >= 0.6 is 0 Å². The monoisotopic (exact) mass is 405 g/mol. The summed E-state index contributed by atoms with van der Waals surface area (Å²) in [5.74, 6) is -0.554. The molecule has 3 rings (SSSR count). The van der Waals surface area contributed by atoms with E-state index in [9.17, 15) is 14.4 Å². The maximum Gasteiger partial charge on any atom is 0.291 e. The highest BCUT2D eigenvalue weighted by molar-refractivity contribution is 6.06. The number of nitrogens with one attached hydrogen (secondary N) is 2. The minimum atomic E-state index is -0.369. The van der Waals surface area contributed by atoms with E-state index >= 15 is 0 Å². The van der Waals surface area contributed by atoms with Crippen LogP contribution in [0.15, 0.2) is 71.3 Å². The molecule has 7 nitrogen and oxygen atoms in total. The lowest BCUT2D eigenvalue weighted by Crippen LogP contribution is -2.30. The number of hydrogen-bond donors (Lipinski definition) is 2. The fourth-order valence-corrected chi connectivity index (χ4v) is 2.93. The van der Waals surface area contributed by atoms with Gasteiger partial charge in [-0.2, -0.15) is 0 Å². The van der Waals surface area contributed by atoms with Gasteiger partial charge < -0.3 is 20.0 Å². The Balaban J connectivity index is 1.65. The third kappa shape index (κ3) is 4.94. The summed E-state index contributed by atoms with van der Waals surface area (Å²) in [6.07, 6.45) is 1.42. The maximum atomic E-state index is 12.6. The molecule has 0 fully saturated rings. The van der Waals surface area contributed by atoms with Gasteiger partial charge in [0.1, 0.15) is 0 Å². The number of carbonyl (C=O) groups is 3. The minimum absolute atomic E-state index is 0.0762. The van der Waals surface area contributed by atoms with Crippen LogP contribution in [0.1, 0.15) is 45.1 Å². The first-order chi connectivity index (χ1) is 14.5. The van der Waals surface area contributed by atoms with E-state index in [4.69, 9.17) is 4.42 Å². The number of hydrogen-bond acceptors (Lipinski definition) is 4. The van der Waals surface area contributed by atoms with Crippen molar-refractivity contribution in [3.8, 4) is 0 Å². The quantitative estimate of drug-likeness (QED) is 0.614. The highest BCUT2D eigenvalue weighted by atomic mass is 16.3. The summed E-state index contributed by atoms with van der Waals surface area (Å²) in [6.45, 7) is 5.09. The smallest absolute Gasteiger partial charge is 0.291 e. The van der Waals surface area contributed by atoms with Gasteiger partial charge in [-0.3, -0.25) is 14.4 Å². The number of furan rings is 1. The van der Waals surface area contributed by atoms with E-state index < -0.39 is 0 Å². The Hall–Kier alpha value is -3.87. The van der Waals surface area contributed by atoms with Gasteiger partial charge in [-0.15, -0.1) is 0 Å². The van der Waals surface area contributed by atoms with Crippen molar-refractivity contribution in [3.63, 3.8) is 0 Å². The number of nitrogens with zero attached hydrogens (tertiary/aromatic N) is 1. The fourth-order valence-electron chi connectivity index (χ4n) is 2.93. The molecule has 1 heterocycles. The molecule has 1 aromatic heterocycles. The number of carbonyl (C=O) groups excluding carboxylic acids is 3. The summed E-state index contributed by atoms with van der Waals surface area (Å²) in [5, 5.41) is 5.49. The van der Waals surface area contributed by atoms with Gasteiger partial charge in [0.15, 0.2) is 5.76 Å². The zero-order chi connectivity index (χ0) is 21.5. The summed E-state index contributed by atoms with van der Waals surface area (Å²) < 4.78 is 5.05. The molecule has 7 heteroatoms. The largest absolute Gasteiger partial charge is 0.459 e. The first kappa shape index (κ1) is 20.9. The highest BCUT2D eigenvalue weighted by Gasteiger charge is 2.14. The van der Waals surface area contributed by atoms with E-state index in [0.717, 1.165) is 0 Å². The van der Waals surface area contributed by atoms with E-state index in [1.165, 1.54) is 6.26 Å². The molecular weight excluding hydrogens is 382 g/mol. The van der Waals surface area contributed by atoms with Crippen LogP contribution in [-0.2, 0) is 0 Å². The molecule has 2 N–H and O–H groups in total. The average Bonchev–Trinajstić information content (AvgIpc) is 3.30. The fraction of sp³-hybridized carbons (Fsp3) is 0.174. The summed E-state index contributed by atoms with van der Waals surface area (Å²) in [5.41, 5.74) is 2.02. The predicted octanol–water partition coefficient (Wildman–Crippen LogP) is 4.27. The lowest BCUT2D eigenvalue weighted by Gasteiger charge is -2.19. The molecule has 0 radical (unpaired) electrons. The van der Waals surface area contributed by atoms with E-state index in [-0.39, 0.29) is 23.5 Å². The third-order valence-corrected chi connectivity index (χ3v) is 4.57. The van der Waals surface area contributed by atoms with E-state index in [2.05, 4.69) is 10.6 Å². The van der Waals surface area contributed by atoms with Crippen molar-refractivity contribution in [3.05, 3.63) is 83.8 Å². The topological polar surface area (TPSA) is 91.7 Å². The molecule has 30 heavy (non-hydrogen) atoms. The van der Waals surface area contributed by atoms with Crippen molar-refractivity contribution in [2.45, 2.75) is 13.8 Å². The summed E-state index contributed by atoms with van der Waals surface area (Å²) in [4.78, 5) is 38.8. The second kappa shape index (κ2) is 9.56. The molecule has 0 aliphatic rings. The van der Waals surface area contributed by atoms with Crippen LogP contribution in [0.5, 0.6) is 0 Å². The molecule has 0 saturated heterocycles. The van der Waals surface area contributed by atoms with Gasteiger partial charge in [-0.05, 0) is 68.4 Å². The third-order valence-electron chi connectivity index (χ3n) is 4.57. The molecule has 0 spiro atoms. The molecule has 0 aliphatic carbocycles. The molecule has 3 amide bonds. The lowest BCUT2D eigenvalue weighted by atomic mass is 10.1. The van der Waals surface area contributed by atoms with Crippen molar-refractivity contribution in [1.29, 1.82) is 0 Å². The van der Waals surface area contributed by atoms with Crippen molar-refractivity contribution >= 4 is 29.1 Å². The van der Waals surface area contributed by atoms with Crippen molar-refractivity contribution in [2.24, 2.45) is 0 Å². The van der Waals surface area contributed by atoms with Crippen molar-refractivity contribution in [2.75, 3.05) is 23.7 Å². The first-order valence-electron chi connectivity index (χ1n) is 9.67. The van der Waals surface area contributed by atoms with E-state index in [1.807, 2.05) is 13.8 Å². The Morgan fingerprint density at radius 2 is 1.50 bits per heavy atom. The SMILES string of the molecule is CCN(CC)C(=O)c1cccc(NC(=O)c2ccc(NC(=O)c3ccco3)cc2)c1. The van der Waals surface area contributed by atoms with Crippen LogP contribution < -0.4 is 10.6 Å². The average molecular weight is 405 g/mol. The highest BCUT2D eigenvalue weighted by Crippen LogP contribution is 2.16. The summed E-state index contributed by atoms with van der Waals surface area (Å²) in [7, 11) is 0. The number of rotatable bonds is 7. The molecule has 0 unspecified atom stereocenters. The molecular formula is C23H23N3O4. The van der Waals surface area contributed by atoms with Crippen molar-refractivity contribution in [1.82, 2.24) is 4.90 Å². The maximum absolute atomic E-state index is 12.6. The Bertz CT molecular complexity index is 1020. The molecule has 154 valence electrons. The molecule has 0 atom stereocenters. The number of benzene rings is 2. The van der Waals surface area contributed by atoms with Crippen LogP contribution in [0.25, 0.3) is 0 Å². The Kier molecular flexibility index (Phi) is 6.64. The van der Waals surface area contributed by atoms with Gasteiger partial charge in [0.25, 0.3) is 17.7 Å². The molecule has 0 bridgehead atoms. The Labute approximate surface area is 174 Å². The van der Waals surface area contributed by atoms with Crippen LogP contribution in [0, 0.1) is 0 Å². The molecule has 0 aliphatic heterocycles. The summed E-state index contributed by atoms with van der Waals surface area (Å²) in [6, 6.07) is 16.5. The molecule has 0 saturated carbocycles. The van der Waals surface area contributed by atoms with Gasteiger partial charge in [-0.1, -0.05) is 6.07 Å². The van der Waals surface area contributed by atoms with Crippen LogP contribution in [0.4, 0.5) is 11.4 Å². The second-order valence-electron chi connectivity index (χ2n) is 6.52. The van der Waals surface area contributed by atoms with Crippen LogP contribution in [0.2, 0.25) is 0 Å². The lowest BCUT2D eigenvalue weighted by molar-refractivity contribution is 0.0772. The van der Waals surface area contributed by atoms with Crippen molar-refractivity contribution < 1.29 is 18.8 Å². The Morgan fingerprint density at radius 3 is 2.13 bits per heavy atom. The predicted molar refractivity (Wildman–Crippen MR) is 115 cm³/mol. The van der Waals surface area contributed by atoms with Gasteiger partial charge in [0, 0.05) is 35.6 Å². The first-order valence-corrected chi connectivity index (χ1v) is 9.67. The second-order valence-corrected chi connectivity index (χ2v) is 6.52. The van der Waals surface area contributed by atoms with Gasteiger partial charge >= 0.3 is 0 Å². The molecule has 3 aromatic rings. The number of anilines is 2. The standard InChI is InChI=1S/C23H23N3O4/c1-3-26(4-2)23(29)17-7-5-8-19(15-17)25-21(27)16-10-12-18(13-11-16)24-22(28)20-9-6-14-30-20/h5-15H,3-4H2,1-2H3,(H,24,28)(H,25,27). The molecule has 2 aromatic carbocycles. The summed E-state index contributed by atoms with van der Waals surface area (Å²) >= 11 is 0. The normalized spacial score (nSPS) is 10.3. The van der Waals surface area contributed by atoms with Gasteiger partial charge in [0.05, 0.1) is 6.26 Å².